The Morgan fingerprint density at radius 3 is 2.36 bits per heavy atom. The number of hydrazone groups is 1. The van der Waals surface area contributed by atoms with Gasteiger partial charge < -0.3 is 19.5 Å². The number of halogens is 1. The zero-order chi connectivity index (χ0) is 20.5. The van der Waals surface area contributed by atoms with E-state index in [2.05, 4.69) is 15.8 Å². The van der Waals surface area contributed by atoms with Gasteiger partial charge in [-0.15, -0.1) is 0 Å². The molecule has 0 saturated heterocycles. The minimum absolute atomic E-state index is 0.253. The number of nitrogens with one attached hydrogen (secondary N) is 2. The van der Waals surface area contributed by atoms with Gasteiger partial charge in [0.15, 0.2) is 11.5 Å². The second-order valence-corrected chi connectivity index (χ2v) is 5.87. The number of carbonyl (C=O) groups is 2. The van der Waals surface area contributed by atoms with Crippen LogP contribution in [0.4, 0.5) is 0 Å². The lowest BCUT2D eigenvalue weighted by Crippen LogP contribution is -2.34. The molecule has 2 rings (SSSR count). The Labute approximate surface area is 167 Å². The molecule has 0 spiro atoms. The van der Waals surface area contributed by atoms with E-state index in [1.165, 1.54) is 33.6 Å². The highest BCUT2D eigenvalue weighted by atomic mass is 35.5. The number of benzene rings is 2. The van der Waals surface area contributed by atoms with Crippen LogP contribution in [0.5, 0.6) is 17.2 Å². The van der Waals surface area contributed by atoms with Crippen molar-refractivity contribution in [2.24, 2.45) is 5.10 Å². The third-order valence-corrected chi connectivity index (χ3v) is 3.87. The molecule has 0 aliphatic carbocycles. The van der Waals surface area contributed by atoms with E-state index in [9.17, 15) is 9.59 Å². The van der Waals surface area contributed by atoms with Crippen LogP contribution in [-0.2, 0) is 4.79 Å². The average molecular weight is 406 g/mol. The molecule has 2 amide bonds. The number of amides is 2. The largest absolute Gasteiger partial charge is 0.496 e. The van der Waals surface area contributed by atoms with Crippen molar-refractivity contribution in [3.8, 4) is 17.2 Å². The van der Waals surface area contributed by atoms with Gasteiger partial charge in [0.2, 0.25) is 0 Å². The molecule has 28 heavy (non-hydrogen) atoms. The van der Waals surface area contributed by atoms with Crippen LogP contribution in [0.2, 0.25) is 5.02 Å². The Bertz CT molecular complexity index is 886. The molecule has 0 fully saturated rings. The molecule has 2 aromatic rings. The molecule has 0 aliphatic rings. The van der Waals surface area contributed by atoms with Gasteiger partial charge in [0.1, 0.15) is 5.75 Å². The standard InChI is InChI=1S/C19H20ClN3O5/c1-26-15-7-5-14(20)8-13(15)10-22-23-18(24)11-21-19(25)12-4-6-16(27-2)17(9-12)28-3/h4-10H,11H2,1-3H3,(H,21,25)(H,23,24)/b22-10-. The Balaban J connectivity index is 1.90. The van der Waals surface area contributed by atoms with E-state index in [1.54, 1.807) is 30.3 Å². The summed E-state index contributed by atoms with van der Waals surface area (Å²) in [6, 6.07) is 9.72. The molecule has 9 heteroatoms. The van der Waals surface area contributed by atoms with Crippen LogP contribution in [0.25, 0.3) is 0 Å². The van der Waals surface area contributed by atoms with Crippen molar-refractivity contribution < 1.29 is 23.8 Å². The van der Waals surface area contributed by atoms with Gasteiger partial charge in [0.05, 0.1) is 34.1 Å². The number of hydrogen-bond acceptors (Lipinski definition) is 6. The Hall–Kier alpha value is -3.26. The second-order valence-electron chi connectivity index (χ2n) is 5.43. The first-order valence-corrected chi connectivity index (χ1v) is 8.52. The van der Waals surface area contributed by atoms with Gasteiger partial charge in [0.25, 0.3) is 11.8 Å². The third-order valence-electron chi connectivity index (χ3n) is 3.64. The third kappa shape index (κ3) is 5.62. The van der Waals surface area contributed by atoms with E-state index in [0.717, 1.165) is 0 Å². The zero-order valence-electron chi connectivity index (χ0n) is 15.6. The fourth-order valence-electron chi connectivity index (χ4n) is 2.26. The van der Waals surface area contributed by atoms with Crippen molar-refractivity contribution in [2.45, 2.75) is 0 Å². The zero-order valence-corrected chi connectivity index (χ0v) is 16.4. The summed E-state index contributed by atoms with van der Waals surface area (Å²) >= 11 is 5.93. The number of ether oxygens (including phenoxy) is 3. The van der Waals surface area contributed by atoms with Gasteiger partial charge in [-0.25, -0.2) is 5.43 Å². The summed E-state index contributed by atoms with van der Waals surface area (Å²) in [5.74, 6) is 0.550. The normalized spacial score (nSPS) is 10.4. The van der Waals surface area contributed by atoms with Crippen molar-refractivity contribution >= 4 is 29.6 Å². The molecular weight excluding hydrogens is 386 g/mol. The van der Waals surface area contributed by atoms with Gasteiger partial charge in [-0.2, -0.15) is 5.10 Å². The average Bonchev–Trinajstić information content (AvgIpc) is 2.71. The molecule has 0 atom stereocenters. The number of carbonyl (C=O) groups excluding carboxylic acids is 2. The lowest BCUT2D eigenvalue weighted by atomic mass is 10.2. The molecule has 0 unspecified atom stereocenters. The summed E-state index contributed by atoms with van der Waals surface area (Å²) in [4.78, 5) is 24.0. The molecule has 8 nitrogen and oxygen atoms in total. The Kier molecular flexibility index (Phi) is 7.65. The fourth-order valence-corrected chi connectivity index (χ4v) is 2.44. The SMILES string of the molecule is COc1ccc(Cl)cc1/C=N\NC(=O)CNC(=O)c1ccc(OC)c(OC)c1. The predicted molar refractivity (Wildman–Crippen MR) is 106 cm³/mol. The summed E-state index contributed by atoms with van der Waals surface area (Å²) < 4.78 is 15.5. The molecule has 2 N–H and O–H groups in total. The highest BCUT2D eigenvalue weighted by Gasteiger charge is 2.11. The van der Waals surface area contributed by atoms with Crippen molar-refractivity contribution in [2.75, 3.05) is 27.9 Å². The van der Waals surface area contributed by atoms with E-state index < -0.39 is 11.8 Å². The number of nitrogens with zero attached hydrogens (tertiary/aromatic N) is 1. The van der Waals surface area contributed by atoms with Crippen LogP contribution in [0.15, 0.2) is 41.5 Å². The van der Waals surface area contributed by atoms with Crippen molar-refractivity contribution in [3.05, 3.63) is 52.5 Å². The predicted octanol–water partition coefficient (Wildman–Crippen LogP) is 2.25. The summed E-state index contributed by atoms with van der Waals surface area (Å²) in [5, 5.41) is 6.85. The van der Waals surface area contributed by atoms with Gasteiger partial charge in [-0.1, -0.05) is 11.6 Å². The number of methoxy groups -OCH3 is 3. The van der Waals surface area contributed by atoms with E-state index >= 15 is 0 Å². The minimum Gasteiger partial charge on any atom is -0.496 e. The Morgan fingerprint density at radius 1 is 1.00 bits per heavy atom. The van der Waals surface area contributed by atoms with Crippen LogP contribution >= 0.6 is 11.6 Å². The molecule has 0 bridgehead atoms. The number of rotatable bonds is 8. The minimum atomic E-state index is -0.494. The molecule has 0 radical (unpaired) electrons. The summed E-state index contributed by atoms with van der Waals surface area (Å²) in [5.41, 5.74) is 3.25. The van der Waals surface area contributed by atoms with E-state index in [1.807, 2.05) is 0 Å². The van der Waals surface area contributed by atoms with Crippen LogP contribution in [0.3, 0.4) is 0 Å². The monoisotopic (exact) mass is 405 g/mol. The topological polar surface area (TPSA) is 98.2 Å². The van der Waals surface area contributed by atoms with Crippen LogP contribution in [0, 0.1) is 0 Å². The summed E-state index contributed by atoms with van der Waals surface area (Å²) in [6.07, 6.45) is 1.40. The second kappa shape index (κ2) is 10.2. The highest BCUT2D eigenvalue weighted by Crippen LogP contribution is 2.27. The molecule has 0 aromatic heterocycles. The first kappa shape index (κ1) is 21.0. The number of hydrogen-bond donors (Lipinski definition) is 2. The van der Waals surface area contributed by atoms with Crippen molar-refractivity contribution in [1.29, 1.82) is 0 Å². The quantitative estimate of drug-likeness (QED) is 0.518. The van der Waals surface area contributed by atoms with Gasteiger partial charge >= 0.3 is 0 Å². The van der Waals surface area contributed by atoms with Crippen molar-refractivity contribution in [3.63, 3.8) is 0 Å². The van der Waals surface area contributed by atoms with E-state index in [4.69, 9.17) is 25.8 Å². The van der Waals surface area contributed by atoms with Crippen LogP contribution in [0.1, 0.15) is 15.9 Å². The van der Waals surface area contributed by atoms with Crippen LogP contribution in [-0.4, -0.2) is 45.9 Å². The maximum atomic E-state index is 12.2. The van der Waals surface area contributed by atoms with Gasteiger partial charge in [-0.05, 0) is 36.4 Å². The molecule has 148 valence electrons. The molecular formula is C19H20ClN3O5. The Morgan fingerprint density at radius 2 is 1.68 bits per heavy atom. The van der Waals surface area contributed by atoms with Crippen LogP contribution < -0.4 is 25.0 Å². The first-order chi connectivity index (χ1) is 13.5. The maximum Gasteiger partial charge on any atom is 0.259 e. The van der Waals surface area contributed by atoms with Gasteiger partial charge in [-0.3, -0.25) is 9.59 Å². The van der Waals surface area contributed by atoms with Crippen molar-refractivity contribution in [1.82, 2.24) is 10.7 Å². The maximum absolute atomic E-state index is 12.2. The smallest absolute Gasteiger partial charge is 0.259 e. The molecule has 0 heterocycles. The lowest BCUT2D eigenvalue weighted by molar-refractivity contribution is -0.120. The molecule has 0 saturated carbocycles. The molecule has 0 aliphatic heterocycles. The lowest BCUT2D eigenvalue weighted by Gasteiger charge is -2.09. The van der Waals surface area contributed by atoms with Gasteiger partial charge in [0, 0.05) is 16.1 Å². The molecule has 2 aromatic carbocycles. The first-order valence-electron chi connectivity index (χ1n) is 8.14. The highest BCUT2D eigenvalue weighted by molar-refractivity contribution is 6.30. The fraction of sp³-hybridized carbons (Fsp3) is 0.211. The summed E-state index contributed by atoms with van der Waals surface area (Å²) in [7, 11) is 4.49. The summed E-state index contributed by atoms with van der Waals surface area (Å²) in [6.45, 7) is -0.253. The van der Waals surface area contributed by atoms with E-state index in [0.29, 0.717) is 33.4 Å². The van der Waals surface area contributed by atoms with E-state index in [-0.39, 0.29) is 6.54 Å².